The van der Waals surface area contributed by atoms with Crippen LogP contribution in [0.5, 0.6) is 0 Å². The molecule has 5 nitrogen and oxygen atoms in total. The van der Waals surface area contributed by atoms with E-state index < -0.39 is 5.97 Å². The molecule has 5 rings (SSSR count). The number of ether oxygens (including phenoxy) is 2. The van der Waals surface area contributed by atoms with Gasteiger partial charge in [0, 0.05) is 4.32 Å². The normalized spacial score (nSPS) is 35.6. The van der Waals surface area contributed by atoms with Crippen LogP contribution in [-0.4, -0.2) is 23.4 Å². The highest BCUT2D eigenvalue weighted by Crippen LogP contribution is 2.65. The van der Waals surface area contributed by atoms with Crippen LogP contribution in [0.1, 0.15) is 61.3 Å². The van der Waals surface area contributed by atoms with Crippen LogP contribution >= 0.6 is 15.9 Å². The number of esters is 2. The van der Waals surface area contributed by atoms with Gasteiger partial charge in [0.15, 0.2) is 0 Å². The quantitative estimate of drug-likeness (QED) is 0.536. The second-order valence-corrected chi connectivity index (χ2v) is 9.89. The van der Waals surface area contributed by atoms with Crippen molar-refractivity contribution >= 4 is 27.9 Å². The second kappa shape index (κ2) is 6.15. The van der Waals surface area contributed by atoms with E-state index >= 15 is 0 Å². The monoisotopic (exact) mass is 410 g/mol. The average Bonchev–Trinajstić information content (AvgIpc) is 2.98. The molecule has 0 aromatic carbocycles. The van der Waals surface area contributed by atoms with Gasteiger partial charge in [0.05, 0.1) is 13.5 Å². The zero-order chi connectivity index (χ0) is 17.7. The summed E-state index contributed by atoms with van der Waals surface area (Å²) in [5, 5.41) is 0. The average molecular weight is 411 g/mol. The fourth-order valence-electron chi connectivity index (χ4n) is 5.72. The van der Waals surface area contributed by atoms with Crippen molar-refractivity contribution in [1.82, 2.24) is 0 Å². The van der Waals surface area contributed by atoms with Crippen molar-refractivity contribution in [2.75, 3.05) is 7.11 Å². The summed E-state index contributed by atoms with van der Waals surface area (Å²) in [5.41, 5.74) is 0.102. The maximum absolute atomic E-state index is 12.4. The molecule has 4 aliphatic rings. The molecule has 6 heteroatoms. The van der Waals surface area contributed by atoms with Crippen LogP contribution in [0.3, 0.4) is 0 Å². The number of furan rings is 1. The van der Waals surface area contributed by atoms with Gasteiger partial charge in [0.25, 0.3) is 0 Å². The number of halogens is 1. The lowest BCUT2D eigenvalue weighted by atomic mass is 9.49. The molecule has 4 saturated carbocycles. The Morgan fingerprint density at radius 2 is 1.96 bits per heavy atom. The minimum atomic E-state index is -0.534. The van der Waals surface area contributed by atoms with Crippen LogP contribution in [0.15, 0.2) is 16.5 Å². The van der Waals surface area contributed by atoms with E-state index in [1.54, 1.807) is 6.07 Å². The van der Waals surface area contributed by atoms with Gasteiger partial charge < -0.3 is 13.9 Å². The van der Waals surface area contributed by atoms with Crippen molar-refractivity contribution < 1.29 is 23.5 Å². The van der Waals surface area contributed by atoms with Gasteiger partial charge in [0.1, 0.15) is 12.4 Å². The summed E-state index contributed by atoms with van der Waals surface area (Å²) in [5.74, 6) is 1.37. The highest BCUT2D eigenvalue weighted by molar-refractivity contribution is 9.10. The van der Waals surface area contributed by atoms with Gasteiger partial charge in [-0.3, -0.25) is 4.79 Å². The van der Waals surface area contributed by atoms with Crippen molar-refractivity contribution in [3.8, 4) is 0 Å². The van der Waals surface area contributed by atoms with Crippen molar-refractivity contribution in [3.63, 3.8) is 0 Å². The first-order valence-electron chi connectivity index (χ1n) is 8.90. The SMILES string of the molecule is COC(=O)c1ccc(COC(=O)CC23C[C@@H]4C[C@@H](CC(Br)(C4)C2)C3)o1. The number of carbonyl (C=O) groups excluding carboxylic acids is 2. The predicted molar refractivity (Wildman–Crippen MR) is 93.2 cm³/mol. The first-order valence-corrected chi connectivity index (χ1v) is 9.70. The first-order chi connectivity index (χ1) is 11.9. The van der Waals surface area contributed by atoms with Crippen molar-refractivity contribution in [2.24, 2.45) is 17.3 Å². The highest BCUT2D eigenvalue weighted by atomic mass is 79.9. The van der Waals surface area contributed by atoms with Crippen molar-refractivity contribution in [1.29, 1.82) is 0 Å². The Morgan fingerprint density at radius 3 is 2.60 bits per heavy atom. The van der Waals surface area contributed by atoms with E-state index in [1.807, 2.05) is 0 Å². The largest absolute Gasteiger partial charge is 0.463 e. The summed E-state index contributed by atoms with van der Waals surface area (Å²) in [4.78, 5) is 23.8. The maximum Gasteiger partial charge on any atom is 0.373 e. The van der Waals surface area contributed by atoms with Gasteiger partial charge in [-0.1, -0.05) is 15.9 Å². The smallest absolute Gasteiger partial charge is 0.373 e. The number of carbonyl (C=O) groups is 2. The third-order valence-corrected chi connectivity index (χ3v) is 6.98. The summed E-state index contributed by atoms with van der Waals surface area (Å²) >= 11 is 3.97. The van der Waals surface area contributed by atoms with E-state index in [0.29, 0.717) is 12.2 Å². The number of rotatable bonds is 5. The Hall–Kier alpha value is -1.30. The molecule has 1 aromatic rings. The Labute approximate surface area is 155 Å². The standard InChI is InChI=1S/C19H23BrO5/c1-23-17(22)15-3-2-14(25-15)10-24-16(21)9-18-5-12-4-13(6-18)8-19(20,7-12)11-18/h2-3,12-13H,4-11H2,1H3/t12-,13+,18?,19?. The van der Waals surface area contributed by atoms with Crippen molar-refractivity contribution in [3.05, 3.63) is 23.7 Å². The molecular formula is C19H23BrO5. The van der Waals surface area contributed by atoms with Crippen LogP contribution in [-0.2, 0) is 20.9 Å². The second-order valence-electron chi connectivity index (χ2n) is 8.21. The van der Waals surface area contributed by atoms with Crippen LogP contribution < -0.4 is 0 Å². The topological polar surface area (TPSA) is 65.7 Å². The summed E-state index contributed by atoms with van der Waals surface area (Å²) in [7, 11) is 1.30. The van der Waals surface area contributed by atoms with Gasteiger partial charge in [0.2, 0.25) is 5.76 Å². The molecule has 4 bridgehead atoms. The van der Waals surface area contributed by atoms with Crippen molar-refractivity contribution in [2.45, 2.75) is 55.9 Å². The molecule has 136 valence electrons. The fourth-order valence-corrected chi connectivity index (χ4v) is 7.23. The summed E-state index contributed by atoms with van der Waals surface area (Å²) in [6.07, 6.45) is 7.70. The van der Waals surface area contributed by atoms with E-state index in [1.165, 1.54) is 32.4 Å². The first kappa shape index (κ1) is 17.1. The molecule has 0 N–H and O–H groups in total. The molecule has 0 radical (unpaired) electrons. The minimum absolute atomic E-state index is 0.0538. The summed E-state index contributed by atoms with van der Waals surface area (Å²) in [6.45, 7) is 0.0538. The molecule has 0 saturated heterocycles. The maximum atomic E-state index is 12.4. The zero-order valence-corrected chi connectivity index (χ0v) is 16.0. The summed E-state index contributed by atoms with van der Waals surface area (Å²) < 4.78 is 15.6. The predicted octanol–water partition coefficient (Wildman–Crippen LogP) is 4.23. The molecule has 1 aromatic heterocycles. The molecule has 25 heavy (non-hydrogen) atoms. The van der Waals surface area contributed by atoms with E-state index in [2.05, 4.69) is 20.7 Å². The Morgan fingerprint density at radius 1 is 1.24 bits per heavy atom. The molecule has 1 heterocycles. The lowest BCUT2D eigenvalue weighted by Gasteiger charge is -2.60. The van der Waals surface area contributed by atoms with E-state index in [0.717, 1.165) is 31.1 Å². The van der Waals surface area contributed by atoms with Gasteiger partial charge in [-0.25, -0.2) is 4.79 Å². The Balaban J connectivity index is 1.35. The lowest BCUT2D eigenvalue weighted by Crippen LogP contribution is -2.53. The number of hydrogen-bond acceptors (Lipinski definition) is 5. The molecular weight excluding hydrogens is 388 g/mol. The number of alkyl halides is 1. The van der Waals surface area contributed by atoms with Crippen LogP contribution in [0.2, 0.25) is 0 Å². The van der Waals surface area contributed by atoms with Gasteiger partial charge >= 0.3 is 11.9 Å². The molecule has 0 spiro atoms. The number of methoxy groups -OCH3 is 1. The third-order valence-electron chi connectivity index (χ3n) is 6.05. The van der Waals surface area contributed by atoms with Gasteiger partial charge in [-0.05, 0) is 67.9 Å². The van der Waals surface area contributed by atoms with E-state index in [4.69, 9.17) is 9.15 Å². The van der Waals surface area contributed by atoms with Gasteiger partial charge in [-0.2, -0.15) is 0 Å². The molecule has 4 aliphatic carbocycles. The third kappa shape index (κ3) is 3.37. The highest BCUT2D eigenvalue weighted by Gasteiger charge is 2.57. The van der Waals surface area contributed by atoms with E-state index in [9.17, 15) is 9.59 Å². The molecule has 4 atom stereocenters. The fraction of sp³-hybridized carbons (Fsp3) is 0.684. The Kier molecular flexibility index (Phi) is 4.21. The molecule has 0 amide bonds. The molecule has 2 unspecified atom stereocenters. The van der Waals surface area contributed by atoms with E-state index in [-0.39, 0.29) is 28.1 Å². The van der Waals surface area contributed by atoms with Crippen LogP contribution in [0.25, 0.3) is 0 Å². The van der Waals surface area contributed by atoms with Crippen LogP contribution in [0, 0.1) is 17.3 Å². The zero-order valence-electron chi connectivity index (χ0n) is 14.4. The minimum Gasteiger partial charge on any atom is -0.463 e. The Bertz CT molecular complexity index is 680. The molecule has 0 aliphatic heterocycles. The van der Waals surface area contributed by atoms with Crippen LogP contribution in [0.4, 0.5) is 0 Å². The summed E-state index contributed by atoms with van der Waals surface area (Å²) in [6, 6.07) is 3.17. The lowest BCUT2D eigenvalue weighted by molar-refractivity contribution is -0.152. The molecule has 4 fully saturated rings. The number of hydrogen-bond donors (Lipinski definition) is 0. The van der Waals surface area contributed by atoms with Gasteiger partial charge in [-0.15, -0.1) is 0 Å².